The van der Waals surface area contributed by atoms with Gasteiger partial charge in [0.1, 0.15) is 17.6 Å². The normalized spacial score (nSPS) is 15.7. The zero-order valence-corrected chi connectivity index (χ0v) is 19.8. The van der Waals surface area contributed by atoms with Gasteiger partial charge in [-0.2, -0.15) is 15.4 Å². The maximum Gasteiger partial charge on any atom is 0.410 e. The van der Waals surface area contributed by atoms with Crippen LogP contribution in [0.1, 0.15) is 35.7 Å². The van der Waals surface area contributed by atoms with Crippen molar-refractivity contribution >= 4 is 46.2 Å². The van der Waals surface area contributed by atoms with E-state index in [1.54, 1.807) is 41.3 Å². The number of hydrogen-bond donors (Lipinski definition) is 1. The molecule has 1 saturated heterocycles. The lowest BCUT2D eigenvalue weighted by atomic mass is 10.0. The molecular formula is C23H25Cl2N5O3. The molecule has 8 nitrogen and oxygen atoms in total. The van der Waals surface area contributed by atoms with E-state index in [1.165, 1.54) is 0 Å². The van der Waals surface area contributed by atoms with Crippen LogP contribution in [0, 0.1) is 5.92 Å². The van der Waals surface area contributed by atoms with E-state index in [4.69, 9.17) is 27.9 Å². The molecule has 0 bridgehead atoms. The van der Waals surface area contributed by atoms with Crippen molar-refractivity contribution < 1.29 is 14.3 Å². The summed E-state index contributed by atoms with van der Waals surface area (Å²) in [6.45, 7) is 4.51. The van der Waals surface area contributed by atoms with Gasteiger partial charge in [-0.3, -0.25) is 4.79 Å². The highest BCUT2D eigenvalue weighted by Gasteiger charge is 2.28. The van der Waals surface area contributed by atoms with Crippen LogP contribution in [0.3, 0.4) is 0 Å². The third kappa shape index (κ3) is 5.75. The van der Waals surface area contributed by atoms with Gasteiger partial charge in [-0.05, 0) is 67.6 Å². The van der Waals surface area contributed by atoms with E-state index in [0.717, 1.165) is 23.9 Å². The lowest BCUT2D eigenvalue weighted by Crippen LogP contribution is -2.34. The van der Waals surface area contributed by atoms with Gasteiger partial charge < -0.3 is 14.5 Å². The molecule has 2 heterocycles. The Morgan fingerprint density at radius 1 is 1.15 bits per heavy atom. The smallest absolute Gasteiger partial charge is 0.410 e. The molecule has 10 heteroatoms. The summed E-state index contributed by atoms with van der Waals surface area (Å²) in [5.41, 5.74) is 2.76. The van der Waals surface area contributed by atoms with Crippen LogP contribution < -0.4 is 0 Å². The van der Waals surface area contributed by atoms with Gasteiger partial charge in [-0.1, -0.05) is 23.2 Å². The summed E-state index contributed by atoms with van der Waals surface area (Å²) in [6.07, 6.45) is 1.34. The van der Waals surface area contributed by atoms with Gasteiger partial charge in [0.05, 0.1) is 0 Å². The number of carbonyl (C=O) groups excluding carboxylic acids is 2. The van der Waals surface area contributed by atoms with Crippen LogP contribution in [0.15, 0.2) is 36.4 Å². The summed E-state index contributed by atoms with van der Waals surface area (Å²) >= 11 is 12.0. The second-order valence-electron chi connectivity index (χ2n) is 8.13. The van der Waals surface area contributed by atoms with Crippen molar-refractivity contribution in [3.63, 3.8) is 0 Å². The van der Waals surface area contributed by atoms with Crippen molar-refractivity contribution in [1.82, 2.24) is 25.2 Å². The molecule has 33 heavy (non-hydrogen) atoms. The zero-order valence-electron chi connectivity index (χ0n) is 18.3. The van der Waals surface area contributed by atoms with Crippen LogP contribution in [-0.4, -0.2) is 63.4 Å². The number of nitrogens with zero attached hydrogens (tertiary/aromatic N) is 4. The number of halogens is 2. The summed E-state index contributed by atoms with van der Waals surface area (Å²) < 4.78 is 5.44. The molecule has 4 rings (SSSR count). The number of benzene rings is 2. The molecule has 2 amide bonds. The maximum absolute atomic E-state index is 12.9. The quantitative estimate of drug-likeness (QED) is 0.515. The third-order valence-electron chi connectivity index (χ3n) is 5.87. The molecule has 1 atom stereocenters. The minimum atomic E-state index is -0.375. The molecule has 1 aromatic heterocycles. The number of carbonyl (C=O) groups is 2. The molecule has 1 aliphatic heterocycles. The molecule has 1 aliphatic rings. The number of aromatic amines is 1. The highest BCUT2D eigenvalue weighted by atomic mass is 35.5. The molecule has 0 aliphatic carbocycles. The number of aromatic nitrogens is 3. The monoisotopic (exact) mass is 489 g/mol. The number of ether oxygens (including phenoxy) is 1. The van der Waals surface area contributed by atoms with Crippen LogP contribution in [0.25, 0.3) is 11.0 Å². The van der Waals surface area contributed by atoms with E-state index < -0.39 is 0 Å². The Balaban J connectivity index is 1.26. The number of nitrogens with one attached hydrogen (secondary N) is 1. The largest absolute Gasteiger partial charge is 0.445 e. The van der Waals surface area contributed by atoms with Crippen molar-refractivity contribution in [3.05, 3.63) is 57.6 Å². The number of rotatable bonds is 7. The van der Waals surface area contributed by atoms with Gasteiger partial charge in [0.2, 0.25) is 0 Å². The Morgan fingerprint density at radius 2 is 1.91 bits per heavy atom. The van der Waals surface area contributed by atoms with Gasteiger partial charge in [-0.15, -0.1) is 0 Å². The van der Waals surface area contributed by atoms with Gasteiger partial charge in [-0.25, -0.2) is 4.79 Å². The number of amides is 2. The van der Waals surface area contributed by atoms with Gasteiger partial charge in [0.25, 0.3) is 5.91 Å². The molecule has 0 unspecified atom stereocenters. The standard InChI is InChI=1S/C23H25Cl2N5O3/c1-2-29(23(32)33-14-16-9-18(24)12-19(25)10-16)7-5-15-6-8-30(13-15)22(31)17-3-4-20-21(11-17)27-28-26-20/h3-4,9-12,15H,2,5-8,13-14H2,1H3,(H,26,27,28)/t15-/m0/s1. The lowest BCUT2D eigenvalue weighted by Gasteiger charge is -2.22. The molecule has 0 spiro atoms. The fourth-order valence-electron chi connectivity index (χ4n) is 4.06. The zero-order chi connectivity index (χ0) is 23.4. The number of hydrogen-bond acceptors (Lipinski definition) is 5. The Labute approximate surface area is 201 Å². The first-order valence-electron chi connectivity index (χ1n) is 10.9. The summed E-state index contributed by atoms with van der Waals surface area (Å²) in [5.74, 6) is 0.327. The van der Waals surface area contributed by atoms with Gasteiger partial charge in [0, 0.05) is 41.8 Å². The predicted octanol–water partition coefficient (Wildman–Crippen LogP) is 4.78. The molecular weight excluding hydrogens is 465 g/mol. The fraction of sp³-hybridized carbons (Fsp3) is 0.391. The first-order valence-corrected chi connectivity index (χ1v) is 11.6. The highest BCUT2D eigenvalue weighted by molar-refractivity contribution is 6.34. The van der Waals surface area contributed by atoms with Crippen LogP contribution in [0.2, 0.25) is 10.0 Å². The van der Waals surface area contributed by atoms with Gasteiger partial charge >= 0.3 is 6.09 Å². The van der Waals surface area contributed by atoms with Crippen LogP contribution in [-0.2, 0) is 11.3 Å². The SMILES string of the molecule is CCN(CC[C@H]1CCN(C(=O)c2ccc3n[nH]nc3c2)C1)C(=O)OCc1cc(Cl)cc(Cl)c1. The van der Waals surface area contributed by atoms with Crippen molar-refractivity contribution in [1.29, 1.82) is 0 Å². The Morgan fingerprint density at radius 3 is 2.67 bits per heavy atom. The molecule has 0 radical (unpaired) electrons. The number of H-pyrrole nitrogens is 1. The summed E-state index contributed by atoms with van der Waals surface area (Å²) in [5, 5.41) is 11.6. The van der Waals surface area contributed by atoms with Gasteiger partial charge in [0.15, 0.2) is 0 Å². The Kier molecular flexibility index (Phi) is 7.35. The molecule has 174 valence electrons. The molecule has 1 N–H and O–H groups in total. The van der Waals surface area contributed by atoms with Crippen LogP contribution >= 0.6 is 23.2 Å². The second kappa shape index (κ2) is 10.4. The van der Waals surface area contributed by atoms with E-state index in [2.05, 4.69) is 15.4 Å². The van der Waals surface area contributed by atoms with E-state index in [1.807, 2.05) is 11.8 Å². The van der Waals surface area contributed by atoms with Crippen LogP contribution in [0.4, 0.5) is 4.79 Å². The first kappa shape index (κ1) is 23.3. The Bertz CT molecular complexity index is 1130. The van der Waals surface area contributed by atoms with Crippen LogP contribution in [0.5, 0.6) is 0 Å². The number of likely N-dealkylation sites (tertiary alicyclic amines) is 1. The first-order chi connectivity index (χ1) is 15.9. The fourth-order valence-corrected chi connectivity index (χ4v) is 4.63. The predicted molar refractivity (Wildman–Crippen MR) is 126 cm³/mol. The highest BCUT2D eigenvalue weighted by Crippen LogP contribution is 2.23. The van der Waals surface area contributed by atoms with E-state index in [0.29, 0.717) is 53.2 Å². The van der Waals surface area contributed by atoms with E-state index >= 15 is 0 Å². The average molecular weight is 490 g/mol. The molecule has 2 aromatic carbocycles. The second-order valence-corrected chi connectivity index (χ2v) is 9.01. The summed E-state index contributed by atoms with van der Waals surface area (Å²) in [6, 6.07) is 10.4. The average Bonchev–Trinajstić information content (AvgIpc) is 3.46. The molecule has 3 aromatic rings. The number of fused-ring (bicyclic) bond motifs is 1. The third-order valence-corrected chi connectivity index (χ3v) is 6.30. The van der Waals surface area contributed by atoms with E-state index in [-0.39, 0.29) is 18.6 Å². The minimum Gasteiger partial charge on any atom is -0.445 e. The minimum absolute atomic E-state index is 0.00524. The molecule has 0 saturated carbocycles. The van der Waals surface area contributed by atoms with Crippen molar-refractivity contribution in [2.24, 2.45) is 5.92 Å². The maximum atomic E-state index is 12.9. The summed E-state index contributed by atoms with van der Waals surface area (Å²) in [7, 11) is 0. The van der Waals surface area contributed by atoms with Crippen molar-refractivity contribution in [3.8, 4) is 0 Å². The van der Waals surface area contributed by atoms with E-state index in [9.17, 15) is 9.59 Å². The topological polar surface area (TPSA) is 91.4 Å². The Hall–Kier alpha value is -2.84. The lowest BCUT2D eigenvalue weighted by molar-refractivity contribution is 0.0781. The van der Waals surface area contributed by atoms with Crippen molar-refractivity contribution in [2.45, 2.75) is 26.4 Å². The molecule has 1 fully saturated rings. The van der Waals surface area contributed by atoms with Crippen molar-refractivity contribution in [2.75, 3.05) is 26.2 Å². The summed E-state index contributed by atoms with van der Waals surface area (Å²) in [4.78, 5) is 29.0.